The first-order valence-corrected chi connectivity index (χ1v) is 18.4. The molecule has 0 aromatic carbocycles. The number of likely N-dealkylation sites (N-methyl/N-ethyl adjacent to an activating group) is 2. The second-order valence-corrected chi connectivity index (χ2v) is 16.0. The molecule has 3 rings (SSSR count). The van der Waals surface area contributed by atoms with Gasteiger partial charge in [-0.25, -0.2) is 0 Å². The summed E-state index contributed by atoms with van der Waals surface area (Å²) in [7, 11) is 5.10. The smallest absolute Gasteiger partial charge is 0.311 e. The molecule has 0 saturated carbocycles. The lowest BCUT2D eigenvalue weighted by molar-refractivity contribution is -0.305. The third-order valence-corrected chi connectivity index (χ3v) is 11.6. The Morgan fingerprint density at radius 2 is 1.60 bits per heavy atom. The van der Waals surface area contributed by atoms with Crippen LogP contribution in [0.15, 0.2) is 0 Å². The number of aliphatic hydroxyl groups is 5. The van der Waals surface area contributed by atoms with E-state index in [0.717, 1.165) is 0 Å². The molecule has 294 valence electrons. The summed E-state index contributed by atoms with van der Waals surface area (Å²) < 4.78 is 36.9. The molecule has 0 bridgehead atoms. The summed E-state index contributed by atoms with van der Waals surface area (Å²) >= 11 is 0. The Bertz CT molecular complexity index is 1080. The number of methoxy groups -OCH3 is 1. The molecule has 0 aromatic rings. The Morgan fingerprint density at radius 1 is 0.960 bits per heavy atom. The van der Waals surface area contributed by atoms with Crippen molar-refractivity contribution in [2.75, 3.05) is 27.7 Å². The first-order chi connectivity index (χ1) is 23.1. The molecule has 0 radical (unpaired) electrons. The lowest BCUT2D eigenvalue weighted by Crippen LogP contribution is -2.59. The number of ether oxygens (including phenoxy) is 6. The highest BCUT2D eigenvalue weighted by Gasteiger charge is 2.50. The van der Waals surface area contributed by atoms with Crippen LogP contribution in [-0.4, -0.2) is 154 Å². The van der Waals surface area contributed by atoms with E-state index in [9.17, 15) is 30.3 Å². The van der Waals surface area contributed by atoms with E-state index in [1.165, 1.54) is 14.0 Å². The maximum Gasteiger partial charge on any atom is 0.311 e. The molecule has 6 N–H and O–H groups in total. The van der Waals surface area contributed by atoms with Gasteiger partial charge in [-0.1, -0.05) is 13.8 Å². The Balaban J connectivity index is 2.11. The molecule has 14 nitrogen and oxygen atoms in total. The van der Waals surface area contributed by atoms with Gasteiger partial charge in [0.25, 0.3) is 0 Å². The second-order valence-electron chi connectivity index (χ2n) is 16.0. The Kier molecular flexibility index (Phi) is 15.1. The van der Waals surface area contributed by atoms with Crippen LogP contribution in [0.25, 0.3) is 0 Å². The van der Waals surface area contributed by atoms with Gasteiger partial charge in [-0.3, -0.25) is 4.79 Å². The van der Waals surface area contributed by atoms with Crippen molar-refractivity contribution in [1.82, 2.24) is 10.2 Å². The number of hydrogen-bond acceptors (Lipinski definition) is 14. The summed E-state index contributed by atoms with van der Waals surface area (Å²) in [5, 5.41) is 60.6. The van der Waals surface area contributed by atoms with Crippen molar-refractivity contribution in [3.05, 3.63) is 0 Å². The van der Waals surface area contributed by atoms with Crippen molar-refractivity contribution >= 4 is 5.97 Å². The van der Waals surface area contributed by atoms with Crippen LogP contribution >= 0.6 is 0 Å². The number of nitrogens with one attached hydrogen (secondary N) is 1. The van der Waals surface area contributed by atoms with Crippen LogP contribution in [0.2, 0.25) is 0 Å². The number of carbonyl (C=O) groups excluding carboxylic acids is 1. The number of nitrogens with zero attached hydrogens (tertiary/aromatic N) is 1. The van der Waals surface area contributed by atoms with Crippen molar-refractivity contribution in [1.29, 1.82) is 0 Å². The predicted octanol–water partition coefficient (Wildman–Crippen LogP) is 1.31. The third-order valence-electron chi connectivity index (χ3n) is 11.6. The number of aliphatic hydroxyl groups excluding tert-OH is 3. The van der Waals surface area contributed by atoms with Crippen LogP contribution in [0.3, 0.4) is 0 Å². The molecule has 0 aromatic heterocycles. The predicted molar refractivity (Wildman–Crippen MR) is 185 cm³/mol. The van der Waals surface area contributed by atoms with E-state index in [2.05, 4.69) is 5.32 Å². The minimum absolute atomic E-state index is 0.0380. The summed E-state index contributed by atoms with van der Waals surface area (Å²) in [6.07, 6.45) is -8.10. The molecular formula is C36H68N2O12. The quantitative estimate of drug-likeness (QED) is 0.207. The number of cyclic esters (lactones) is 1. The van der Waals surface area contributed by atoms with Crippen molar-refractivity contribution < 1.29 is 58.7 Å². The summed E-state index contributed by atoms with van der Waals surface area (Å²) in [4.78, 5) is 15.9. The minimum atomic E-state index is -1.79. The Morgan fingerprint density at radius 3 is 2.18 bits per heavy atom. The fourth-order valence-corrected chi connectivity index (χ4v) is 7.94. The molecule has 3 saturated heterocycles. The van der Waals surface area contributed by atoms with Gasteiger partial charge in [0.05, 0.1) is 41.5 Å². The highest BCUT2D eigenvalue weighted by molar-refractivity contribution is 5.73. The SMILES string of the molecule is CC[C@H]1OC(=O)[C@H](C)[C@@H](O[C@H]2C[C@@](C)(OC)[C@@H](O)[C@H](C)O2)C[C@@H](O[C@@H]2O[C@H](C)C[C@H](NC)[C@H]2O)[C@](C)(O)C[C@@H](C)CN(C)[C@H](C)[C@@H](O)[C@]1(C)O. The van der Waals surface area contributed by atoms with Crippen molar-refractivity contribution in [3.63, 3.8) is 0 Å². The van der Waals surface area contributed by atoms with E-state index in [1.54, 1.807) is 48.6 Å². The molecule has 3 aliphatic rings. The van der Waals surface area contributed by atoms with Gasteiger partial charge in [0, 0.05) is 38.6 Å². The number of hydrogen-bond donors (Lipinski definition) is 6. The maximum atomic E-state index is 14.0. The van der Waals surface area contributed by atoms with Gasteiger partial charge in [0.2, 0.25) is 0 Å². The van der Waals surface area contributed by atoms with Gasteiger partial charge in [0.1, 0.15) is 30.0 Å². The molecule has 0 spiro atoms. The van der Waals surface area contributed by atoms with E-state index >= 15 is 0 Å². The standard InChI is InChI=1S/C36H68N2O12/c1-13-26-36(9,44)30(40)22(5)38(11)18-19(2)16-34(7,43)27(50-33-29(39)24(37-10)14-20(3)46-33)15-25(21(4)32(42)49-26)48-28-17-35(8,45-12)31(41)23(6)47-28/h19-31,33,37,39-41,43-44H,13-18H2,1-12H3/t19-,20-,21-,22-,23+,24+,25+,26-,27-,28+,29-,30-,31+,33+,34-,35-,36-/m1/s1. The van der Waals surface area contributed by atoms with Crippen LogP contribution in [0.1, 0.15) is 94.4 Å². The first kappa shape index (κ1) is 43.4. The van der Waals surface area contributed by atoms with E-state index in [4.69, 9.17) is 28.4 Å². The minimum Gasteiger partial charge on any atom is -0.459 e. The fraction of sp³-hybridized carbons (Fsp3) is 0.972. The van der Waals surface area contributed by atoms with Gasteiger partial charge in [0.15, 0.2) is 12.6 Å². The van der Waals surface area contributed by atoms with Gasteiger partial charge in [-0.2, -0.15) is 0 Å². The molecule has 0 amide bonds. The first-order valence-electron chi connectivity index (χ1n) is 18.4. The second kappa shape index (κ2) is 17.4. The lowest BCUT2D eigenvalue weighted by atomic mass is 9.83. The maximum absolute atomic E-state index is 14.0. The van der Waals surface area contributed by atoms with Gasteiger partial charge >= 0.3 is 5.97 Å². The Hall–Kier alpha value is -1.01. The molecule has 50 heavy (non-hydrogen) atoms. The lowest BCUT2D eigenvalue weighted by Gasteiger charge is -2.46. The zero-order chi connectivity index (χ0) is 37.9. The van der Waals surface area contributed by atoms with E-state index < -0.39 is 90.0 Å². The summed E-state index contributed by atoms with van der Waals surface area (Å²) in [5.74, 6) is -1.80. The highest BCUT2D eigenvalue weighted by atomic mass is 16.7. The average molecular weight is 721 g/mol. The molecule has 3 aliphatic heterocycles. The molecule has 0 unspecified atom stereocenters. The fourth-order valence-electron chi connectivity index (χ4n) is 7.94. The van der Waals surface area contributed by atoms with Gasteiger partial charge in [-0.05, 0) is 87.7 Å². The molecule has 17 atom stereocenters. The summed E-state index contributed by atoms with van der Waals surface area (Å²) in [6.45, 7) is 16.1. The van der Waals surface area contributed by atoms with Crippen LogP contribution in [0, 0.1) is 11.8 Å². The summed E-state index contributed by atoms with van der Waals surface area (Å²) in [6, 6.07) is -0.844. The van der Waals surface area contributed by atoms with Crippen molar-refractivity contribution in [2.24, 2.45) is 11.8 Å². The average Bonchev–Trinajstić information content (AvgIpc) is 3.04. The normalized spacial score (nSPS) is 49.5. The summed E-state index contributed by atoms with van der Waals surface area (Å²) in [5.41, 5.74) is -4.32. The van der Waals surface area contributed by atoms with Crippen LogP contribution < -0.4 is 5.32 Å². The molecular weight excluding hydrogens is 652 g/mol. The third kappa shape index (κ3) is 9.94. The zero-order valence-electron chi connectivity index (χ0n) is 32.4. The van der Waals surface area contributed by atoms with E-state index in [1.807, 2.05) is 25.8 Å². The largest absolute Gasteiger partial charge is 0.459 e. The van der Waals surface area contributed by atoms with Crippen LogP contribution in [0.4, 0.5) is 0 Å². The molecule has 3 heterocycles. The molecule has 14 heteroatoms. The number of carbonyl (C=O) groups is 1. The van der Waals surface area contributed by atoms with Gasteiger partial charge in [-0.15, -0.1) is 0 Å². The van der Waals surface area contributed by atoms with Crippen molar-refractivity contribution in [2.45, 2.75) is 185 Å². The topological polar surface area (TPSA) is 189 Å². The molecule has 0 aliphatic carbocycles. The van der Waals surface area contributed by atoms with Crippen LogP contribution in [-0.2, 0) is 33.2 Å². The Labute approximate surface area is 299 Å². The van der Waals surface area contributed by atoms with E-state index in [0.29, 0.717) is 13.0 Å². The zero-order valence-corrected chi connectivity index (χ0v) is 32.4. The van der Waals surface area contributed by atoms with Gasteiger partial charge < -0.3 is 64.2 Å². The van der Waals surface area contributed by atoms with E-state index in [-0.39, 0.29) is 43.7 Å². The van der Waals surface area contributed by atoms with Crippen molar-refractivity contribution in [3.8, 4) is 0 Å². The van der Waals surface area contributed by atoms with Crippen LogP contribution in [0.5, 0.6) is 0 Å². The monoisotopic (exact) mass is 720 g/mol. The number of esters is 1. The number of rotatable bonds is 7. The molecule has 3 fully saturated rings. The highest BCUT2D eigenvalue weighted by Crippen LogP contribution is 2.37.